The summed E-state index contributed by atoms with van der Waals surface area (Å²) in [4.78, 5) is 0.683. The number of hydrogen-bond donors (Lipinski definition) is 0. The third kappa shape index (κ3) is 2.38. The first kappa shape index (κ1) is 14.2. The van der Waals surface area contributed by atoms with E-state index in [1.54, 1.807) is 16.6 Å². The van der Waals surface area contributed by atoms with Gasteiger partial charge in [-0.05, 0) is 36.4 Å². The first-order valence-corrected chi connectivity index (χ1v) is 8.40. The van der Waals surface area contributed by atoms with Crippen LogP contribution in [0, 0.1) is 5.82 Å². The second-order valence-electron chi connectivity index (χ2n) is 5.52. The standard InChI is InChI=1S/C17H10FN5OS/c18-11-7-5-10(6-8-11)16-19-20-17-23(16)21-15(25-17)9-13-12-3-1-2-4-14(12)24-22-13/h1-8H,9H2. The Hall–Kier alpha value is -3.13. The van der Waals surface area contributed by atoms with Crippen molar-refractivity contribution in [2.45, 2.75) is 6.42 Å². The molecule has 0 unspecified atom stereocenters. The fraction of sp³-hybridized carbons (Fsp3) is 0.0588. The molecule has 5 rings (SSSR count). The van der Waals surface area contributed by atoms with Crippen LogP contribution in [0.5, 0.6) is 0 Å². The highest BCUT2D eigenvalue weighted by atomic mass is 32.1. The van der Waals surface area contributed by atoms with Crippen LogP contribution in [0.25, 0.3) is 27.3 Å². The lowest BCUT2D eigenvalue weighted by Gasteiger charge is -1.96. The highest BCUT2D eigenvalue weighted by molar-refractivity contribution is 7.16. The fourth-order valence-electron chi connectivity index (χ4n) is 2.72. The van der Waals surface area contributed by atoms with Crippen LogP contribution in [0.2, 0.25) is 0 Å². The predicted molar refractivity (Wildman–Crippen MR) is 90.9 cm³/mol. The van der Waals surface area contributed by atoms with E-state index in [0.29, 0.717) is 17.2 Å². The maximum Gasteiger partial charge on any atom is 0.234 e. The third-order valence-corrected chi connectivity index (χ3v) is 4.80. The predicted octanol–water partition coefficient (Wildman–Crippen LogP) is 3.72. The van der Waals surface area contributed by atoms with Crippen LogP contribution in [0.1, 0.15) is 10.7 Å². The van der Waals surface area contributed by atoms with Gasteiger partial charge in [-0.2, -0.15) is 9.61 Å². The lowest BCUT2D eigenvalue weighted by Crippen LogP contribution is -1.94. The number of benzene rings is 2. The summed E-state index contributed by atoms with van der Waals surface area (Å²) in [6.07, 6.45) is 0.550. The van der Waals surface area contributed by atoms with E-state index < -0.39 is 0 Å². The van der Waals surface area contributed by atoms with Gasteiger partial charge in [0.1, 0.15) is 10.8 Å². The van der Waals surface area contributed by atoms with Gasteiger partial charge in [-0.1, -0.05) is 28.6 Å². The van der Waals surface area contributed by atoms with Gasteiger partial charge >= 0.3 is 0 Å². The van der Waals surface area contributed by atoms with Gasteiger partial charge in [-0.15, -0.1) is 10.2 Å². The van der Waals surface area contributed by atoms with Crippen LogP contribution < -0.4 is 0 Å². The molecule has 0 aliphatic carbocycles. The summed E-state index contributed by atoms with van der Waals surface area (Å²) < 4.78 is 20.1. The van der Waals surface area contributed by atoms with Crippen molar-refractivity contribution in [2.24, 2.45) is 0 Å². The van der Waals surface area contributed by atoms with Crippen molar-refractivity contribution >= 4 is 27.3 Å². The SMILES string of the molecule is Fc1ccc(-c2nnc3sc(Cc4noc5ccccc45)nn23)cc1. The Morgan fingerprint density at radius 2 is 1.88 bits per heavy atom. The number of rotatable bonds is 3. The monoisotopic (exact) mass is 351 g/mol. The molecule has 0 bridgehead atoms. The molecule has 25 heavy (non-hydrogen) atoms. The van der Waals surface area contributed by atoms with E-state index in [4.69, 9.17) is 4.52 Å². The van der Waals surface area contributed by atoms with E-state index >= 15 is 0 Å². The quantitative estimate of drug-likeness (QED) is 0.495. The van der Waals surface area contributed by atoms with Crippen molar-refractivity contribution in [2.75, 3.05) is 0 Å². The Balaban J connectivity index is 1.54. The topological polar surface area (TPSA) is 69.1 Å². The second-order valence-corrected chi connectivity index (χ2v) is 6.56. The van der Waals surface area contributed by atoms with Crippen molar-refractivity contribution < 1.29 is 8.91 Å². The summed E-state index contributed by atoms with van der Waals surface area (Å²) in [5, 5.41) is 18.9. The van der Waals surface area contributed by atoms with Gasteiger partial charge in [0.25, 0.3) is 0 Å². The zero-order chi connectivity index (χ0) is 16.8. The first-order chi connectivity index (χ1) is 12.3. The molecule has 0 amide bonds. The van der Waals surface area contributed by atoms with Crippen LogP contribution in [0.4, 0.5) is 4.39 Å². The lowest BCUT2D eigenvalue weighted by atomic mass is 10.2. The highest BCUT2D eigenvalue weighted by Gasteiger charge is 2.16. The summed E-state index contributed by atoms with van der Waals surface area (Å²) in [7, 11) is 0. The number of aromatic nitrogens is 5. The van der Waals surface area contributed by atoms with Crippen molar-refractivity contribution in [3.63, 3.8) is 0 Å². The van der Waals surface area contributed by atoms with E-state index in [1.807, 2.05) is 24.3 Å². The van der Waals surface area contributed by atoms with Gasteiger partial charge in [0.2, 0.25) is 4.96 Å². The van der Waals surface area contributed by atoms with E-state index in [0.717, 1.165) is 27.2 Å². The molecule has 0 aliphatic heterocycles. The molecular weight excluding hydrogens is 341 g/mol. The first-order valence-electron chi connectivity index (χ1n) is 7.58. The van der Waals surface area contributed by atoms with Gasteiger partial charge in [0, 0.05) is 17.4 Å². The molecule has 3 aromatic heterocycles. The molecule has 0 spiro atoms. The molecule has 6 nitrogen and oxygen atoms in total. The molecule has 2 aromatic carbocycles. The minimum Gasteiger partial charge on any atom is -0.356 e. The van der Waals surface area contributed by atoms with E-state index in [2.05, 4.69) is 20.5 Å². The highest BCUT2D eigenvalue weighted by Crippen LogP contribution is 2.25. The largest absolute Gasteiger partial charge is 0.356 e. The van der Waals surface area contributed by atoms with Crippen molar-refractivity contribution in [1.82, 2.24) is 25.0 Å². The molecule has 0 aliphatic rings. The average molecular weight is 351 g/mol. The summed E-state index contributed by atoms with van der Waals surface area (Å²) >= 11 is 1.45. The van der Waals surface area contributed by atoms with Crippen LogP contribution in [0.15, 0.2) is 53.1 Å². The van der Waals surface area contributed by atoms with Crippen molar-refractivity contribution in [3.05, 3.63) is 65.0 Å². The molecule has 0 radical (unpaired) electrons. The number of hydrogen-bond acceptors (Lipinski definition) is 6. The van der Waals surface area contributed by atoms with E-state index in [9.17, 15) is 4.39 Å². The van der Waals surface area contributed by atoms with Crippen LogP contribution in [-0.2, 0) is 6.42 Å². The average Bonchev–Trinajstić information content (AvgIpc) is 3.31. The minimum atomic E-state index is -0.290. The van der Waals surface area contributed by atoms with E-state index in [1.165, 1.54) is 23.5 Å². The zero-order valence-electron chi connectivity index (χ0n) is 12.8. The lowest BCUT2D eigenvalue weighted by molar-refractivity contribution is 0.448. The number of halogens is 1. The van der Waals surface area contributed by atoms with Gasteiger partial charge < -0.3 is 4.52 Å². The maximum atomic E-state index is 13.1. The summed E-state index contributed by atoms with van der Waals surface area (Å²) in [6, 6.07) is 13.8. The van der Waals surface area contributed by atoms with Crippen LogP contribution in [0.3, 0.4) is 0 Å². The number of fused-ring (bicyclic) bond motifs is 2. The Bertz CT molecular complexity index is 1190. The number of nitrogens with zero attached hydrogens (tertiary/aromatic N) is 5. The minimum absolute atomic E-state index is 0.290. The third-order valence-electron chi connectivity index (χ3n) is 3.91. The summed E-state index contributed by atoms with van der Waals surface area (Å²) in [6.45, 7) is 0. The molecule has 0 N–H and O–H groups in total. The van der Waals surface area contributed by atoms with E-state index in [-0.39, 0.29) is 5.82 Å². The zero-order valence-corrected chi connectivity index (χ0v) is 13.6. The van der Waals surface area contributed by atoms with Crippen molar-refractivity contribution in [3.8, 4) is 11.4 Å². The Morgan fingerprint density at radius 3 is 2.76 bits per heavy atom. The molecule has 122 valence electrons. The van der Waals surface area contributed by atoms with Gasteiger partial charge in [-0.3, -0.25) is 0 Å². The molecule has 0 saturated heterocycles. The molecule has 3 heterocycles. The smallest absolute Gasteiger partial charge is 0.234 e. The molecule has 8 heteroatoms. The molecular formula is C17H10FN5OS. The van der Waals surface area contributed by atoms with Crippen LogP contribution >= 0.6 is 11.3 Å². The van der Waals surface area contributed by atoms with Gasteiger partial charge in [-0.25, -0.2) is 4.39 Å². The van der Waals surface area contributed by atoms with Gasteiger partial charge in [0.05, 0.1) is 5.69 Å². The molecule has 5 aromatic rings. The van der Waals surface area contributed by atoms with Crippen LogP contribution in [-0.4, -0.2) is 25.0 Å². The molecule has 0 fully saturated rings. The number of para-hydroxylation sites is 1. The second kappa shape index (κ2) is 5.45. The fourth-order valence-corrected chi connectivity index (χ4v) is 3.55. The molecule has 0 saturated carbocycles. The Morgan fingerprint density at radius 1 is 1.04 bits per heavy atom. The van der Waals surface area contributed by atoms with Gasteiger partial charge in [0.15, 0.2) is 11.4 Å². The Labute approximate surface area is 144 Å². The normalized spacial score (nSPS) is 11.6. The molecule has 0 atom stereocenters. The summed E-state index contributed by atoms with van der Waals surface area (Å²) in [5.41, 5.74) is 2.36. The summed E-state index contributed by atoms with van der Waals surface area (Å²) in [5.74, 6) is 0.295. The Kier molecular flexibility index (Phi) is 3.10. The van der Waals surface area contributed by atoms with Crippen molar-refractivity contribution in [1.29, 1.82) is 0 Å². The maximum absolute atomic E-state index is 13.1.